The van der Waals surface area contributed by atoms with Crippen LogP contribution in [-0.4, -0.2) is 43.1 Å². The van der Waals surface area contributed by atoms with Gasteiger partial charge in [-0.05, 0) is 30.7 Å². The van der Waals surface area contributed by atoms with Gasteiger partial charge in [0, 0.05) is 26.4 Å². The van der Waals surface area contributed by atoms with Gasteiger partial charge in [0.25, 0.3) is 0 Å². The van der Waals surface area contributed by atoms with Crippen molar-refractivity contribution < 1.29 is 13.2 Å². The Bertz CT molecular complexity index is 1260. The monoisotopic (exact) mass is 499 g/mol. The topological polar surface area (TPSA) is 149 Å². The van der Waals surface area contributed by atoms with Crippen LogP contribution in [0.3, 0.4) is 0 Å². The molecule has 0 fully saturated rings. The SMILES string of the molecule is CC(c1ccc(-c2nn(COCC[Si](C)(C)C)c(Nc3cccnn3)c2C#N)cc1)S(N)(=O)=O. The molecule has 0 saturated heterocycles. The molecular weight excluding hydrogens is 470 g/mol. The summed E-state index contributed by atoms with van der Waals surface area (Å²) >= 11 is 0. The summed E-state index contributed by atoms with van der Waals surface area (Å²) in [7, 11) is -4.97. The molecule has 0 aliphatic heterocycles. The Balaban J connectivity index is 1.96. The summed E-state index contributed by atoms with van der Waals surface area (Å²) in [5.74, 6) is 0.902. The predicted molar refractivity (Wildman–Crippen MR) is 133 cm³/mol. The average molecular weight is 500 g/mol. The third-order valence-electron chi connectivity index (χ3n) is 5.24. The Kier molecular flexibility index (Phi) is 7.83. The number of benzene rings is 1. The van der Waals surface area contributed by atoms with Crippen molar-refractivity contribution in [3.05, 3.63) is 53.7 Å². The van der Waals surface area contributed by atoms with Gasteiger partial charge in [-0.25, -0.2) is 18.2 Å². The second-order valence-electron chi connectivity index (χ2n) is 9.12. The molecule has 34 heavy (non-hydrogen) atoms. The zero-order valence-electron chi connectivity index (χ0n) is 19.7. The lowest BCUT2D eigenvalue weighted by Gasteiger charge is -2.16. The van der Waals surface area contributed by atoms with Crippen LogP contribution in [0.1, 0.15) is 23.3 Å². The molecule has 10 nitrogen and oxygen atoms in total. The van der Waals surface area contributed by atoms with Crippen LogP contribution in [0.2, 0.25) is 25.7 Å². The van der Waals surface area contributed by atoms with E-state index in [1.807, 2.05) is 0 Å². The number of anilines is 2. The third-order valence-corrected chi connectivity index (χ3v) is 8.20. The molecule has 0 bridgehead atoms. The smallest absolute Gasteiger partial charge is 0.215 e. The fourth-order valence-corrected chi connectivity index (χ4v) is 4.40. The van der Waals surface area contributed by atoms with Crippen molar-refractivity contribution in [1.29, 1.82) is 5.26 Å². The van der Waals surface area contributed by atoms with Crippen LogP contribution in [0.4, 0.5) is 11.6 Å². The minimum Gasteiger partial charge on any atom is -0.359 e. The van der Waals surface area contributed by atoms with E-state index in [2.05, 4.69) is 46.3 Å². The van der Waals surface area contributed by atoms with E-state index in [-0.39, 0.29) is 6.73 Å². The maximum Gasteiger partial charge on any atom is 0.215 e. The van der Waals surface area contributed by atoms with Crippen LogP contribution in [0.15, 0.2) is 42.6 Å². The first kappa shape index (κ1) is 25.5. The first-order valence-electron chi connectivity index (χ1n) is 10.7. The van der Waals surface area contributed by atoms with Gasteiger partial charge in [-0.2, -0.15) is 15.5 Å². The molecular formula is C22H29N7O3SSi. The van der Waals surface area contributed by atoms with Crippen LogP contribution in [0, 0.1) is 11.3 Å². The molecule has 3 aromatic rings. The van der Waals surface area contributed by atoms with E-state index in [4.69, 9.17) is 9.88 Å². The van der Waals surface area contributed by atoms with Crippen molar-refractivity contribution in [3.63, 3.8) is 0 Å². The number of nitrogens with one attached hydrogen (secondary N) is 1. The molecule has 180 valence electrons. The molecule has 0 aliphatic carbocycles. The average Bonchev–Trinajstić information content (AvgIpc) is 3.13. The van der Waals surface area contributed by atoms with Crippen LogP contribution >= 0.6 is 0 Å². The lowest BCUT2D eigenvalue weighted by atomic mass is 10.0. The number of hydrogen-bond donors (Lipinski definition) is 2. The van der Waals surface area contributed by atoms with Gasteiger partial charge in [0.2, 0.25) is 10.0 Å². The molecule has 1 atom stereocenters. The van der Waals surface area contributed by atoms with E-state index in [0.29, 0.717) is 40.6 Å². The molecule has 1 unspecified atom stereocenters. The van der Waals surface area contributed by atoms with Crippen molar-refractivity contribution in [2.75, 3.05) is 11.9 Å². The van der Waals surface area contributed by atoms with E-state index in [9.17, 15) is 13.7 Å². The van der Waals surface area contributed by atoms with Crippen LogP contribution in [-0.2, 0) is 21.5 Å². The molecule has 0 amide bonds. The Morgan fingerprint density at radius 1 is 1.24 bits per heavy atom. The van der Waals surface area contributed by atoms with Crippen LogP contribution in [0.25, 0.3) is 11.3 Å². The van der Waals surface area contributed by atoms with Gasteiger partial charge in [0.05, 0.1) is 5.25 Å². The summed E-state index contributed by atoms with van der Waals surface area (Å²) in [4.78, 5) is 0. The Morgan fingerprint density at radius 3 is 2.50 bits per heavy atom. The summed E-state index contributed by atoms with van der Waals surface area (Å²) in [6.45, 7) is 9.10. The van der Waals surface area contributed by atoms with Crippen LogP contribution < -0.4 is 10.5 Å². The second-order valence-corrected chi connectivity index (χ2v) is 16.6. The van der Waals surface area contributed by atoms with Gasteiger partial charge in [-0.15, -0.1) is 5.10 Å². The number of hydrogen-bond acceptors (Lipinski definition) is 8. The summed E-state index contributed by atoms with van der Waals surface area (Å²) < 4.78 is 30.8. The van der Waals surface area contributed by atoms with Gasteiger partial charge in [0.15, 0.2) is 11.6 Å². The highest BCUT2D eigenvalue weighted by Gasteiger charge is 2.22. The van der Waals surface area contributed by atoms with E-state index in [0.717, 1.165) is 6.04 Å². The zero-order chi connectivity index (χ0) is 24.9. The first-order chi connectivity index (χ1) is 16.0. The first-order valence-corrected chi connectivity index (χ1v) is 16.1. The van der Waals surface area contributed by atoms with E-state index in [1.165, 1.54) is 6.92 Å². The van der Waals surface area contributed by atoms with Crippen molar-refractivity contribution in [2.45, 2.75) is 44.6 Å². The molecule has 3 rings (SSSR count). The van der Waals surface area contributed by atoms with Crippen molar-refractivity contribution in [3.8, 4) is 17.3 Å². The van der Waals surface area contributed by atoms with Crippen molar-refractivity contribution in [2.24, 2.45) is 5.14 Å². The number of sulfonamides is 1. The molecule has 2 heterocycles. The fraction of sp³-hybridized carbons (Fsp3) is 0.364. The maximum absolute atomic E-state index is 11.7. The summed E-state index contributed by atoms with van der Waals surface area (Å²) in [5.41, 5.74) is 1.96. The minimum absolute atomic E-state index is 0.155. The highest BCUT2D eigenvalue weighted by Crippen LogP contribution is 2.31. The zero-order valence-corrected chi connectivity index (χ0v) is 21.5. The minimum atomic E-state index is -3.72. The fourth-order valence-electron chi connectivity index (χ4n) is 3.11. The van der Waals surface area contributed by atoms with E-state index in [1.54, 1.807) is 47.3 Å². The molecule has 0 aliphatic rings. The molecule has 0 spiro atoms. The Hall–Kier alpha value is -3.11. The summed E-state index contributed by atoms with van der Waals surface area (Å²) in [6, 6.07) is 13.5. The van der Waals surface area contributed by atoms with Gasteiger partial charge in [-0.3, -0.25) is 0 Å². The second kappa shape index (κ2) is 10.4. The number of primary sulfonamides is 1. The Labute approximate surface area is 200 Å². The lowest BCUT2D eigenvalue weighted by Crippen LogP contribution is -2.22. The maximum atomic E-state index is 11.7. The normalized spacial score (nSPS) is 12.8. The molecule has 0 saturated carbocycles. The lowest BCUT2D eigenvalue weighted by molar-refractivity contribution is 0.0802. The Morgan fingerprint density at radius 2 is 1.94 bits per heavy atom. The molecule has 3 N–H and O–H groups in total. The van der Waals surface area contributed by atoms with Crippen LogP contribution in [0.5, 0.6) is 0 Å². The number of aromatic nitrogens is 4. The van der Waals surface area contributed by atoms with E-state index < -0.39 is 23.3 Å². The van der Waals surface area contributed by atoms with Gasteiger partial charge >= 0.3 is 0 Å². The highest BCUT2D eigenvalue weighted by atomic mass is 32.2. The number of nitrogens with two attached hydrogens (primary N) is 1. The largest absolute Gasteiger partial charge is 0.359 e. The third kappa shape index (κ3) is 6.48. The molecule has 1 aromatic carbocycles. The van der Waals surface area contributed by atoms with E-state index >= 15 is 0 Å². The molecule has 12 heteroatoms. The molecule has 2 aromatic heterocycles. The van der Waals surface area contributed by atoms with Gasteiger partial charge < -0.3 is 10.1 Å². The highest BCUT2D eigenvalue weighted by molar-refractivity contribution is 7.89. The number of ether oxygens (including phenoxy) is 1. The van der Waals surface area contributed by atoms with Gasteiger partial charge in [-0.1, -0.05) is 43.9 Å². The number of nitrogens with zero attached hydrogens (tertiary/aromatic N) is 5. The molecule has 0 radical (unpaired) electrons. The number of nitriles is 1. The standard InChI is InChI=1S/C22H29N7O3SSi/c1-16(33(24,30)31)17-7-9-18(10-8-17)21-19(14-23)22(26-20-6-5-11-25-27-20)29(28-21)15-32-12-13-34(2,3)4/h5-11,16H,12-13,15H2,1-4H3,(H,26,27)(H2,24,30,31). The van der Waals surface area contributed by atoms with Crippen molar-refractivity contribution >= 4 is 29.7 Å². The summed E-state index contributed by atoms with van der Waals surface area (Å²) in [5, 5.41) is 30.1. The summed E-state index contributed by atoms with van der Waals surface area (Å²) in [6.07, 6.45) is 1.56. The number of rotatable bonds is 10. The van der Waals surface area contributed by atoms with Gasteiger partial charge in [0.1, 0.15) is 24.1 Å². The van der Waals surface area contributed by atoms with Crippen molar-refractivity contribution in [1.82, 2.24) is 20.0 Å². The quantitative estimate of drug-likeness (QED) is 0.317. The predicted octanol–water partition coefficient (Wildman–Crippen LogP) is 3.62.